The first-order chi connectivity index (χ1) is 15.0. The van der Waals surface area contributed by atoms with Gasteiger partial charge in [-0.05, 0) is 72.8 Å². The van der Waals surface area contributed by atoms with Crippen molar-refractivity contribution in [2.24, 2.45) is 5.92 Å². The van der Waals surface area contributed by atoms with Crippen LogP contribution in [-0.4, -0.2) is 15.5 Å². The largest absolute Gasteiger partial charge is 0.497 e. The lowest BCUT2D eigenvalue weighted by Gasteiger charge is -2.24. The third-order valence-electron chi connectivity index (χ3n) is 5.91. The van der Waals surface area contributed by atoms with Crippen LogP contribution >= 0.6 is 0 Å². The van der Waals surface area contributed by atoms with Gasteiger partial charge in [0.15, 0.2) is 9.84 Å². The highest BCUT2D eigenvalue weighted by molar-refractivity contribution is 7.98. The van der Waals surface area contributed by atoms with E-state index in [4.69, 9.17) is 9.47 Å². The molecule has 0 saturated carbocycles. The average molecular weight is 437 g/mol. The van der Waals surface area contributed by atoms with E-state index in [1.54, 1.807) is 19.3 Å². The van der Waals surface area contributed by atoms with Crippen LogP contribution in [0.2, 0.25) is 0 Å². The van der Waals surface area contributed by atoms with Gasteiger partial charge in [-0.25, -0.2) is 8.42 Å². The van der Waals surface area contributed by atoms with Gasteiger partial charge in [-0.1, -0.05) is 37.3 Å². The topological polar surface area (TPSA) is 52.6 Å². The summed E-state index contributed by atoms with van der Waals surface area (Å²) in [5, 5.41) is 0. The summed E-state index contributed by atoms with van der Waals surface area (Å²) in [6.45, 7) is 2.19. The highest BCUT2D eigenvalue weighted by Crippen LogP contribution is 2.36. The second kappa shape index (κ2) is 9.15. The molecule has 1 atom stereocenters. The smallest absolute Gasteiger partial charge is 0.198 e. The molecule has 1 unspecified atom stereocenters. The van der Waals surface area contributed by atoms with E-state index < -0.39 is 9.84 Å². The molecule has 31 heavy (non-hydrogen) atoms. The van der Waals surface area contributed by atoms with Crippen LogP contribution in [0.3, 0.4) is 0 Å². The number of ether oxygens (including phenoxy) is 2. The van der Waals surface area contributed by atoms with Gasteiger partial charge in [0, 0.05) is 22.7 Å². The molecule has 0 N–H and O–H groups in total. The molecule has 0 spiro atoms. The van der Waals surface area contributed by atoms with Crippen LogP contribution in [0, 0.1) is 5.92 Å². The Morgan fingerprint density at radius 2 is 1.61 bits per heavy atom. The Labute approximate surface area is 184 Å². The van der Waals surface area contributed by atoms with Gasteiger partial charge in [0.05, 0.1) is 7.11 Å². The summed E-state index contributed by atoms with van der Waals surface area (Å²) in [7, 11) is -1.69. The van der Waals surface area contributed by atoms with E-state index in [9.17, 15) is 8.42 Å². The Kier molecular flexibility index (Phi) is 6.33. The van der Waals surface area contributed by atoms with Crippen LogP contribution in [0.4, 0.5) is 0 Å². The minimum absolute atomic E-state index is 0.329. The molecular weight excluding hydrogens is 408 g/mol. The summed E-state index contributed by atoms with van der Waals surface area (Å²) in [6.07, 6.45) is 16.4. The Morgan fingerprint density at radius 1 is 0.871 bits per heavy atom. The van der Waals surface area contributed by atoms with Crippen LogP contribution < -0.4 is 4.74 Å². The van der Waals surface area contributed by atoms with Crippen molar-refractivity contribution in [3.8, 4) is 5.75 Å². The Bertz CT molecular complexity index is 1130. The standard InChI is InChI=1S/C26H28O4S/c1-19-18-23(14-17-26(19)20-8-10-21(29-2)11-9-20)30-22-12-15-25(16-13-22)31(27,28)24-6-4-3-5-7-24/h3-4,6,8-12,14-15,17,19H,5,7,13,16,18H2,1-2H3. The SMILES string of the molecule is COc1ccc(C2=CC=C(OC3=CC=C(S(=O)(=O)C4=CC=CCC4)CC3)CC2C)cc1. The van der Waals surface area contributed by atoms with Crippen LogP contribution in [-0.2, 0) is 14.6 Å². The Hall–Kier alpha value is -2.79. The molecule has 0 aromatic heterocycles. The van der Waals surface area contributed by atoms with Gasteiger partial charge in [0.25, 0.3) is 0 Å². The van der Waals surface area contributed by atoms with Crippen molar-refractivity contribution in [2.45, 2.75) is 39.0 Å². The maximum Gasteiger partial charge on any atom is 0.198 e. The first kappa shape index (κ1) is 21.4. The number of sulfone groups is 1. The molecule has 5 heteroatoms. The monoisotopic (exact) mass is 436 g/mol. The van der Waals surface area contributed by atoms with E-state index in [1.807, 2.05) is 36.4 Å². The molecule has 4 rings (SSSR count). The van der Waals surface area contributed by atoms with Crippen molar-refractivity contribution >= 4 is 15.4 Å². The van der Waals surface area contributed by atoms with Gasteiger partial charge >= 0.3 is 0 Å². The number of methoxy groups -OCH3 is 1. The van der Waals surface area contributed by atoms with Crippen LogP contribution in [0.25, 0.3) is 5.57 Å². The zero-order valence-electron chi connectivity index (χ0n) is 18.0. The number of hydrogen-bond donors (Lipinski definition) is 0. The molecule has 0 heterocycles. The molecule has 0 fully saturated rings. The zero-order valence-corrected chi connectivity index (χ0v) is 18.8. The third kappa shape index (κ3) is 4.77. The van der Waals surface area contributed by atoms with Gasteiger partial charge in [-0.2, -0.15) is 0 Å². The van der Waals surface area contributed by atoms with Gasteiger partial charge in [0.1, 0.15) is 17.3 Å². The molecule has 0 saturated heterocycles. The molecule has 0 radical (unpaired) electrons. The Morgan fingerprint density at radius 3 is 2.23 bits per heavy atom. The van der Waals surface area contributed by atoms with Gasteiger partial charge in [-0.3, -0.25) is 0 Å². The summed E-state index contributed by atoms with van der Waals surface area (Å²) in [5.74, 6) is 2.91. The fourth-order valence-corrected chi connectivity index (χ4v) is 5.71. The lowest BCUT2D eigenvalue weighted by atomic mass is 9.87. The van der Waals surface area contributed by atoms with Crippen molar-refractivity contribution in [1.29, 1.82) is 0 Å². The predicted octanol–water partition coefficient (Wildman–Crippen LogP) is 6.23. The third-order valence-corrected chi connectivity index (χ3v) is 7.97. The highest BCUT2D eigenvalue weighted by Gasteiger charge is 2.26. The fraction of sp³-hybridized carbons (Fsp3) is 0.308. The lowest BCUT2D eigenvalue weighted by molar-refractivity contribution is 0.268. The van der Waals surface area contributed by atoms with E-state index >= 15 is 0 Å². The number of allylic oxidation sites excluding steroid dienone is 12. The van der Waals surface area contributed by atoms with Crippen LogP contribution in [0.15, 0.2) is 88.1 Å². The van der Waals surface area contributed by atoms with Gasteiger partial charge in [-0.15, -0.1) is 0 Å². The minimum Gasteiger partial charge on any atom is -0.497 e. The van der Waals surface area contributed by atoms with E-state index in [1.165, 1.54) is 11.1 Å². The average Bonchev–Trinajstić information content (AvgIpc) is 2.80. The number of rotatable bonds is 6. The first-order valence-corrected chi connectivity index (χ1v) is 12.2. The fourth-order valence-electron chi connectivity index (χ4n) is 4.12. The van der Waals surface area contributed by atoms with Crippen LogP contribution in [0.5, 0.6) is 5.75 Å². The minimum atomic E-state index is -3.36. The maximum atomic E-state index is 12.8. The zero-order chi connectivity index (χ0) is 21.8. The second-order valence-electron chi connectivity index (χ2n) is 8.06. The molecule has 0 aliphatic heterocycles. The molecule has 0 amide bonds. The summed E-state index contributed by atoms with van der Waals surface area (Å²) < 4.78 is 37.0. The molecule has 3 aliphatic carbocycles. The number of hydrogen-bond acceptors (Lipinski definition) is 4. The molecule has 162 valence electrons. The van der Waals surface area contributed by atoms with E-state index in [0.29, 0.717) is 35.0 Å². The van der Waals surface area contributed by atoms with Crippen molar-refractivity contribution < 1.29 is 17.9 Å². The van der Waals surface area contributed by atoms with E-state index in [0.717, 1.165) is 30.1 Å². The Balaban J connectivity index is 1.46. The molecule has 3 aliphatic rings. The van der Waals surface area contributed by atoms with E-state index in [-0.39, 0.29) is 0 Å². The molecule has 1 aromatic carbocycles. The van der Waals surface area contributed by atoms with Crippen molar-refractivity contribution in [2.75, 3.05) is 7.11 Å². The van der Waals surface area contributed by atoms with Crippen molar-refractivity contribution in [3.05, 3.63) is 93.7 Å². The molecule has 0 bridgehead atoms. The summed E-state index contributed by atoms with van der Waals surface area (Å²) in [4.78, 5) is 0.994. The summed E-state index contributed by atoms with van der Waals surface area (Å²) >= 11 is 0. The van der Waals surface area contributed by atoms with Crippen LogP contribution in [0.1, 0.15) is 44.6 Å². The second-order valence-corrected chi connectivity index (χ2v) is 10.1. The lowest BCUT2D eigenvalue weighted by Crippen LogP contribution is -2.12. The van der Waals surface area contributed by atoms with Crippen molar-refractivity contribution in [1.82, 2.24) is 0 Å². The number of benzene rings is 1. The molecular formula is C26H28O4S. The molecule has 1 aromatic rings. The predicted molar refractivity (Wildman–Crippen MR) is 125 cm³/mol. The van der Waals surface area contributed by atoms with E-state index in [2.05, 4.69) is 25.1 Å². The first-order valence-electron chi connectivity index (χ1n) is 10.7. The molecule has 4 nitrogen and oxygen atoms in total. The maximum absolute atomic E-state index is 12.8. The van der Waals surface area contributed by atoms with Gasteiger partial charge < -0.3 is 9.47 Å². The van der Waals surface area contributed by atoms with Crippen molar-refractivity contribution in [3.63, 3.8) is 0 Å². The normalized spacial score (nSPS) is 21.4. The highest BCUT2D eigenvalue weighted by atomic mass is 32.2. The summed E-state index contributed by atoms with van der Waals surface area (Å²) in [6, 6.07) is 8.11. The van der Waals surface area contributed by atoms with Gasteiger partial charge in [0.2, 0.25) is 0 Å². The summed E-state index contributed by atoms with van der Waals surface area (Å²) in [5.41, 5.74) is 2.46. The quantitative estimate of drug-likeness (QED) is 0.530.